The van der Waals surface area contributed by atoms with Crippen molar-refractivity contribution in [1.29, 1.82) is 0 Å². The molecule has 2 rings (SSSR count). The summed E-state index contributed by atoms with van der Waals surface area (Å²) >= 11 is 3.59. The number of nitrogens with one attached hydrogen (secondary N) is 1. The van der Waals surface area contributed by atoms with E-state index < -0.39 is 0 Å². The Balaban J connectivity index is 2.05. The van der Waals surface area contributed by atoms with Gasteiger partial charge in [0.25, 0.3) is 0 Å². The molecule has 0 aliphatic heterocycles. The van der Waals surface area contributed by atoms with E-state index in [0.29, 0.717) is 17.7 Å². The van der Waals surface area contributed by atoms with Crippen molar-refractivity contribution < 1.29 is 4.39 Å². The van der Waals surface area contributed by atoms with Crippen LogP contribution in [0.3, 0.4) is 0 Å². The molecule has 2 aromatic rings. The van der Waals surface area contributed by atoms with Crippen LogP contribution in [0.25, 0.3) is 0 Å². The standard InChI is InChI=1S/C16H21BrFN3/c1-5-21-14(15(17)12(4)20-21)9-19-8-13-6-10(2)16(18)11(3)7-13/h6-7,19H,5,8-9H2,1-4H3. The minimum absolute atomic E-state index is 0.110. The van der Waals surface area contributed by atoms with E-state index in [1.165, 1.54) is 0 Å². The molecule has 0 amide bonds. The van der Waals surface area contributed by atoms with Gasteiger partial charge in [0.15, 0.2) is 0 Å². The molecule has 0 saturated carbocycles. The molecule has 0 fully saturated rings. The first-order valence-corrected chi connectivity index (χ1v) is 7.91. The van der Waals surface area contributed by atoms with Crippen molar-refractivity contribution in [3.05, 3.63) is 50.5 Å². The number of halogens is 2. The fraction of sp³-hybridized carbons (Fsp3) is 0.438. The van der Waals surface area contributed by atoms with Gasteiger partial charge in [-0.1, -0.05) is 12.1 Å². The zero-order valence-corrected chi connectivity index (χ0v) is 14.5. The van der Waals surface area contributed by atoms with Gasteiger partial charge in [0.2, 0.25) is 0 Å². The highest BCUT2D eigenvalue weighted by Crippen LogP contribution is 2.21. The second-order valence-corrected chi connectivity index (χ2v) is 6.10. The van der Waals surface area contributed by atoms with Crippen LogP contribution in [0.4, 0.5) is 4.39 Å². The van der Waals surface area contributed by atoms with Crippen molar-refractivity contribution in [3.8, 4) is 0 Å². The van der Waals surface area contributed by atoms with Crippen molar-refractivity contribution in [2.24, 2.45) is 0 Å². The predicted octanol–water partition coefficient (Wildman–Crippen LogP) is 4.02. The summed E-state index contributed by atoms with van der Waals surface area (Å²) in [5.74, 6) is -0.110. The summed E-state index contributed by atoms with van der Waals surface area (Å²) in [6.45, 7) is 9.96. The third-order valence-electron chi connectivity index (χ3n) is 3.57. The molecule has 0 radical (unpaired) electrons. The van der Waals surface area contributed by atoms with Crippen LogP contribution in [0.2, 0.25) is 0 Å². The highest BCUT2D eigenvalue weighted by Gasteiger charge is 2.11. The van der Waals surface area contributed by atoms with Gasteiger partial charge in [0, 0.05) is 19.6 Å². The van der Waals surface area contributed by atoms with E-state index in [2.05, 4.69) is 33.3 Å². The largest absolute Gasteiger partial charge is 0.307 e. The Hall–Kier alpha value is -1.20. The minimum Gasteiger partial charge on any atom is -0.307 e. The summed E-state index contributed by atoms with van der Waals surface area (Å²) in [7, 11) is 0. The monoisotopic (exact) mass is 353 g/mol. The number of hydrogen-bond donors (Lipinski definition) is 1. The third-order valence-corrected chi connectivity index (χ3v) is 4.60. The SMILES string of the molecule is CCn1nc(C)c(Br)c1CNCc1cc(C)c(F)c(C)c1. The first kappa shape index (κ1) is 16.2. The van der Waals surface area contributed by atoms with E-state index in [1.54, 1.807) is 13.8 Å². The smallest absolute Gasteiger partial charge is 0.129 e. The van der Waals surface area contributed by atoms with Gasteiger partial charge >= 0.3 is 0 Å². The van der Waals surface area contributed by atoms with Gasteiger partial charge in [-0.2, -0.15) is 5.10 Å². The summed E-state index contributed by atoms with van der Waals surface area (Å²) in [6.07, 6.45) is 0. The quantitative estimate of drug-likeness (QED) is 0.879. The van der Waals surface area contributed by atoms with Crippen LogP contribution in [-0.2, 0) is 19.6 Å². The van der Waals surface area contributed by atoms with Crippen molar-refractivity contribution in [3.63, 3.8) is 0 Å². The van der Waals surface area contributed by atoms with Crippen LogP contribution >= 0.6 is 15.9 Å². The van der Waals surface area contributed by atoms with Gasteiger partial charge in [-0.25, -0.2) is 4.39 Å². The van der Waals surface area contributed by atoms with Gasteiger partial charge in [-0.05, 0) is 60.3 Å². The fourth-order valence-electron chi connectivity index (χ4n) is 2.50. The molecule has 5 heteroatoms. The van der Waals surface area contributed by atoms with Crippen molar-refractivity contribution in [1.82, 2.24) is 15.1 Å². The van der Waals surface area contributed by atoms with Crippen LogP contribution < -0.4 is 5.32 Å². The maximum Gasteiger partial charge on any atom is 0.129 e. The lowest BCUT2D eigenvalue weighted by Crippen LogP contribution is -2.17. The molecule has 1 aromatic heterocycles. The van der Waals surface area contributed by atoms with E-state index in [-0.39, 0.29) is 5.82 Å². The van der Waals surface area contributed by atoms with Crippen LogP contribution in [0, 0.1) is 26.6 Å². The molecule has 0 unspecified atom stereocenters. The van der Waals surface area contributed by atoms with Crippen LogP contribution in [0.15, 0.2) is 16.6 Å². The second-order valence-electron chi connectivity index (χ2n) is 5.31. The number of benzene rings is 1. The fourth-order valence-corrected chi connectivity index (χ4v) is 2.92. The molecule has 0 aliphatic carbocycles. The van der Waals surface area contributed by atoms with Gasteiger partial charge < -0.3 is 5.32 Å². The van der Waals surface area contributed by atoms with Crippen LogP contribution in [0.1, 0.15) is 35.0 Å². The lowest BCUT2D eigenvalue weighted by Gasteiger charge is -2.10. The highest BCUT2D eigenvalue weighted by molar-refractivity contribution is 9.10. The van der Waals surface area contributed by atoms with Gasteiger partial charge in [0.05, 0.1) is 15.9 Å². The predicted molar refractivity (Wildman–Crippen MR) is 86.8 cm³/mol. The Morgan fingerprint density at radius 3 is 2.38 bits per heavy atom. The molecule has 0 bridgehead atoms. The molecule has 21 heavy (non-hydrogen) atoms. The third kappa shape index (κ3) is 3.52. The molecule has 1 heterocycles. The Kier molecular flexibility index (Phi) is 5.17. The molecule has 1 N–H and O–H groups in total. The zero-order chi connectivity index (χ0) is 15.6. The van der Waals surface area contributed by atoms with E-state index in [4.69, 9.17) is 0 Å². The summed E-state index contributed by atoms with van der Waals surface area (Å²) in [5.41, 5.74) is 4.64. The summed E-state index contributed by atoms with van der Waals surface area (Å²) < 4.78 is 16.7. The first-order valence-electron chi connectivity index (χ1n) is 7.12. The Morgan fingerprint density at radius 2 is 1.81 bits per heavy atom. The first-order chi connectivity index (χ1) is 9.93. The van der Waals surface area contributed by atoms with Crippen molar-refractivity contribution in [2.75, 3.05) is 0 Å². The molecule has 1 aromatic carbocycles. The van der Waals surface area contributed by atoms with E-state index in [0.717, 1.165) is 34.5 Å². The molecule has 0 aliphatic rings. The molecular formula is C16H21BrFN3. The number of aromatic nitrogens is 2. The van der Waals surface area contributed by atoms with Gasteiger partial charge in [0.1, 0.15) is 5.82 Å². The number of rotatable bonds is 5. The lowest BCUT2D eigenvalue weighted by molar-refractivity contribution is 0.576. The van der Waals surface area contributed by atoms with Gasteiger partial charge in [-0.15, -0.1) is 0 Å². The second kappa shape index (κ2) is 6.71. The van der Waals surface area contributed by atoms with E-state index >= 15 is 0 Å². The van der Waals surface area contributed by atoms with E-state index in [1.807, 2.05) is 23.7 Å². The maximum atomic E-state index is 13.6. The van der Waals surface area contributed by atoms with Gasteiger partial charge in [-0.3, -0.25) is 4.68 Å². The lowest BCUT2D eigenvalue weighted by atomic mass is 10.1. The molecule has 0 spiro atoms. The van der Waals surface area contributed by atoms with Crippen LogP contribution in [-0.4, -0.2) is 9.78 Å². The number of aryl methyl sites for hydroxylation is 4. The molecule has 3 nitrogen and oxygen atoms in total. The average molecular weight is 354 g/mol. The summed E-state index contributed by atoms with van der Waals surface area (Å²) in [6, 6.07) is 3.79. The number of hydrogen-bond acceptors (Lipinski definition) is 2. The molecule has 114 valence electrons. The topological polar surface area (TPSA) is 29.9 Å². The minimum atomic E-state index is -0.110. The molecular weight excluding hydrogens is 333 g/mol. The van der Waals surface area contributed by atoms with E-state index in [9.17, 15) is 4.39 Å². The normalized spacial score (nSPS) is 11.1. The number of nitrogens with zero attached hydrogens (tertiary/aromatic N) is 2. The Labute approximate surface area is 133 Å². The zero-order valence-electron chi connectivity index (χ0n) is 12.9. The van der Waals surface area contributed by atoms with Crippen LogP contribution in [0.5, 0.6) is 0 Å². The molecule has 0 atom stereocenters. The summed E-state index contributed by atoms with van der Waals surface area (Å²) in [5, 5.41) is 7.88. The highest BCUT2D eigenvalue weighted by atomic mass is 79.9. The maximum absolute atomic E-state index is 13.6. The van der Waals surface area contributed by atoms with Crippen molar-refractivity contribution >= 4 is 15.9 Å². The Bertz CT molecular complexity index is 626. The molecule has 0 saturated heterocycles. The van der Waals surface area contributed by atoms with Crippen molar-refractivity contribution in [2.45, 2.75) is 47.3 Å². The summed E-state index contributed by atoms with van der Waals surface area (Å²) in [4.78, 5) is 0. The average Bonchev–Trinajstić information content (AvgIpc) is 2.72. The Morgan fingerprint density at radius 1 is 1.19 bits per heavy atom.